The van der Waals surface area contributed by atoms with Gasteiger partial charge in [0, 0.05) is 30.4 Å². The van der Waals surface area contributed by atoms with Crippen molar-refractivity contribution in [2.24, 2.45) is 0 Å². The van der Waals surface area contributed by atoms with Crippen molar-refractivity contribution < 1.29 is 14.4 Å². The minimum atomic E-state index is -0.261. The van der Waals surface area contributed by atoms with E-state index in [9.17, 15) is 14.4 Å². The lowest BCUT2D eigenvalue weighted by atomic mass is 10.1. The van der Waals surface area contributed by atoms with E-state index >= 15 is 0 Å². The van der Waals surface area contributed by atoms with Crippen molar-refractivity contribution in [2.75, 3.05) is 25.0 Å². The molecule has 1 aliphatic heterocycles. The first-order chi connectivity index (χ1) is 13.6. The van der Waals surface area contributed by atoms with E-state index in [0.29, 0.717) is 31.5 Å². The Labute approximate surface area is 164 Å². The summed E-state index contributed by atoms with van der Waals surface area (Å²) in [6, 6.07) is 17.8. The molecule has 1 fully saturated rings. The van der Waals surface area contributed by atoms with Crippen LogP contribution in [0.3, 0.4) is 0 Å². The smallest absolute Gasteiger partial charge is 0.319 e. The Bertz CT molecular complexity index is 803. The minimum Gasteiger partial charge on any atom is -0.343 e. The first-order valence-electron chi connectivity index (χ1n) is 9.35. The molecule has 4 amide bonds. The van der Waals surface area contributed by atoms with Crippen molar-refractivity contribution in [1.82, 2.24) is 15.5 Å². The van der Waals surface area contributed by atoms with Crippen LogP contribution in [0, 0.1) is 0 Å². The van der Waals surface area contributed by atoms with Crippen molar-refractivity contribution in [1.29, 1.82) is 0 Å². The second-order valence-corrected chi connectivity index (χ2v) is 6.67. The number of likely N-dealkylation sites (tertiary alicyclic amines) is 1. The van der Waals surface area contributed by atoms with Crippen LogP contribution in [0.15, 0.2) is 60.7 Å². The molecule has 1 heterocycles. The molecule has 0 atom stereocenters. The summed E-state index contributed by atoms with van der Waals surface area (Å²) in [4.78, 5) is 38.1. The predicted octanol–water partition coefficient (Wildman–Crippen LogP) is 2.23. The number of hydrogen-bond acceptors (Lipinski definition) is 3. The Morgan fingerprint density at radius 2 is 1.50 bits per heavy atom. The molecule has 1 saturated heterocycles. The van der Waals surface area contributed by atoms with Crippen LogP contribution >= 0.6 is 0 Å². The van der Waals surface area contributed by atoms with Crippen molar-refractivity contribution in [3.63, 3.8) is 0 Å². The van der Waals surface area contributed by atoms with E-state index < -0.39 is 0 Å². The number of amides is 4. The van der Waals surface area contributed by atoms with Gasteiger partial charge in [-0.3, -0.25) is 9.59 Å². The Hall–Kier alpha value is -3.35. The van der Waals surface area contributed by atoms with Gasteiger partial charge in [-0.1, -0.05) is 36.4 Å². The quantitative estimate of drug-likeness (QED) is 0.743. The summed E-state index contributed by atoms with van der Waals surface area (Å²) >= 11 is 0. The minimum absolute atomic E-state index is 0.0201. The lowest BCUT2D eigenvalue weighted by Crippen LogP contribution is -2.49. The van der Waals surface area contributed by atoms with Crippen LogP contribution in [-0.2, 0) is 4.79 Å². The van der Waals surface area contributed by atoms with Gasteiger partial charge in [0.15, 0.2) is 0 Å². The fourth-order valence-electron chi connectivity index (χ4n) is 3.11. The highest BCUT2D eigenvalue weighted by Crippen LogP contribution is 2.11. The normalized spacial score (nSPS) is 14.2. The van der Waals surface area contributed by atoms with E-state index in [4.69, 9.17) is 0 Å². The van der Waals surface area contributed by atoms with Gasteiger partial charge in [-0.25, -0.2) is 4.79 Å². The van der Waals surface area contributed by atoms with E-state index in [1.165, 1.54) is 0 Å². The molecule has 2 aromatic rings. The number of rotatable bonds is 5. The van der Waals surface area contributed by atoms with Gasteiger partial charge in [0.25, 0.3) is 5.91 Å². The predicted molar refractivity (Wildman–Crippen MR) is 107 cm³/mol. The third kappa shape index (κ3) is 5.57. The second-order valence-electron chi connectivity index (χ2n) is 6.67. The largest absolute Gasteiger partial charge is 0.343 e. The molecule has 0 aromatic heterocycles. The Morgan fingerprint density at radius 1 is 0.893 bits per heavy atom. The third-order valence-electron chi connectivity index (χ3n) is 4.65. The number of nitrogens with one attached hydrogen (secondary N) is 3. The van der Waals surface area contributed by atoms with E-state index in [1.54, 1.807) is 29.2 Å². The highest BCUT2D eigenvalue weighted by Gasteiger charge is 2.24. The lowest BCUT2D eigenvalue weighted by molar-refractivity contribution is -0.131. The number of urea groups is 1. The zero-order chi connectivity index (χ0) is 19.8. The van der Waals surface area contributed by atoms with E-state index in [-0.39, 0.29) is 30.4 Å². The Morgan fingerprint density at radius 3 is 2.14 bits per heavy atom. The van der Waals surface area contributed by atoms with Crippen LogP contribution in [-0.4, -0.2) is 48.4 Å². The highest BCUT2D eigenvalue weighted by atomic mass is 16.2. The van der Waals surface area contributed by atoms with E-state index in [0.717, 1.165) is 5.69 Å². The van der Waals surface area contributed by atoms with E-state index in [1.807, 2.05) is 36.4 Å². The fourth-order valence-corrected chi connectivity index (χ4v) is 3.11. The number of carbonyl (C=O) groups excluding carboxylic acids is 3. The summed E-state index contributed by atoms with van der Waals surface area (Å²) in [6.45, 7) is 1.08. The maximum atomic E-state index is 12.3. The molecule has 28 heavy (non-hydrogen) atoms. The first kappa shape index (κ1) is 19.4. The molecule has 1 aliphatic rings. The van der Waals surface area contributed by atoms with Gasteiger partial charge in [-0.05, 0) is 37.1 Å². The Balaban J connectivity index is 1.38. The number of para-hydroxylation sites is 1. The number of hydrogen-bond donors (Lipinski definition) is 3. The number of anilines is 1. The molecular formula is C21H24N4O3. The maximum Gasteiger partial charge on any atom is 0.319 e. The van der Waals surface area contributed by atoms with Crippen LogP contribution in [0.4, 0.5) is 10.5 Å². The number of nitrogens with zero attached hydrogens (tertiary/aromatic N) is 1. The maximum absolute atomic E-state index is 12.3. The SMILES string of the molecule is O=C(Nc1ccccc1)NC1CCN(C(=O)CNC(=O)c2ccccc2)CC1. The zero-order valence-electron chi connectivity index (χ0n) is 15.6. The number of carbonyl (C=O) groups is 3. The van der Waals surface area contributed by atoms with Crippen molar-refractivity contribution in [3.05, 3.63) is 66.2 Å². The lowest BCUT2D eigenvalue weighted by Gasteiger charge is -2.32. The molecule has 7 nitrogen and oxygen atoms in total. The van der Waals surface area contributed by atoms with Crippen molar-refractivity contribution >= 4 is 23.5 Å². The van der Waals surface area contributed by atoms with Gasteiger partial charge in [0.05, 0.1) is 6.54 Å². The molecular weight excluding hydrogens is 356 g/mol. The molecule has 0 bridgehead atoms. The average Bonchev–Trinajstić information content (AvgIpc) is 2.73. The summed E-state index contributed by atoms with van der Waals surface area (Å²) in [5, 5.41) is 8.39. The first-order valence-corrected chi connectivity index (χ1v) is 9.35. The molecule has 0 unspecified atom stereocenters. The molecule has 2 aromatic carbocycles. The standard InChI is InChI=1S/C21H24N4O3/c26-19(15-22-20(27)16-7-3-1-4-8-16)25-13-11-18(12-14-25)24-21(28)23-17-9-5-2-6-10-17/h1-10,18H,11-15H2,(H,22,27)(H2,23,24,28). The zero-order valence-corrected chi connectivity index (χ0v) is 15.6. The molecule has 0 aliphatic carbocycles. The summed E-state index contributed by atoms with van der Waals surface area (Å²) < 4.78 is 0. The second kappa shape index (κ2) is 9.55. The topological polar surface area (TPSA) is 90.5 Å². The van der Waals surface area contributed by atoms with Gasteiger partial charge in [0.2, 0.25) is 5.91 Å². The molecule has 0 radical (unpaired) electrons. The summed E-state index contributed by atoms with van der Waals surface area (Å²) in [5.41, 5.74) is 1.27. The fraction of sp³-hybridized carbons (Fsp3) is 0.286. The molecule has 7 heteroatoms. The van der Waals surface area contributed by atoms with Crippen molar-refractivity contribution in [3.8, 4) is 0 Å². The number of piperidine rings is 1. The molecule has 0 saturated carbocycles. The molecule has 3 N–H and O–H groups in total. The third-order valence-corrected chi connectivity index (χ3v) is 4.65. The molecule has 3 rings (SSSR count). The van der Waals surface area contributed by atoms with Gasteiger partial charge in [-0.15, -0.1) is 0 Å². The molecule has 146 valence electrons. The van der Waals surface area contributed by atoms with Crippen LogP contribution in [0.5, 0.6) is 0 Å². The summed E-state index contributed by atoms with van der Waals surface area (Å²) in [5.74, 6) is -0.375. The van der Waals surface area contributed by atoms with Gasteiger partial charge in [-0.2, -0.15) is 0 Å². The van der Waals surface area contributed by atoms with E-state index in [2.05, 4.69) is 16.0 Å². The summed E-state index contributed by atoms with van der Waals surface area (Å²) in [6.07, 6.45) is 1.36. The van der Waals surface area contributed by atoms with Gasteiger partial charge >= 0.3 is 6.03 Å². The van der Waals surface area contributed by atoms with Crippen LogP contribution in [0.2, 0.25) is 0 Å². The summed E-state index contributed by atoms with van der Waals surface area (Å²) in [7, 11) is 0. The van der Waals surface area contributed by atoms with Crippen LogP contribution < -0.4 is 16.0 Å². The monoisotopic (exact) mass is 380 g/mol. The van der Waals surface area contributed by atoms with Crippen LogP contribution in [0.1, 0.15) is 23.2 Å². The number of benzene rings is 2. The van der Waals surface area contributed by atoms with Crippen molar-refractivity contribution in [2.45, 2.75) is 18.9 Å². The van der Waals surface area contributed by atoms with Gasteiger partial charge < -0.3 is 20.9 Å². The highest BCUT2D eigenvalue weighted by molar-refractivity contribution is 5.96. The Kier molecular flexibility index (Phi) is 6.62. The van der Waals surface area contributed by atoms with Crippen LogP contribution in [0.25, 0.3) is 0 Å². The van der Waals surface area contributed by atoms with Gasteiger partial charge in [0.1, 0.15) is 0 Å². The molecule has 0 spiro atoms. The average molecular weight is 380 g/mol.